The Kier molecular flexibility index (Phi) is 70.1. The van der Waals surface area contributed by atoms with Crippen LogP contribution in [-0.4, -0.2) is 228 Å². The van der Waals surface area contributed by atoms with Crippen LogP contribution in [0, 0.1) is 35.5 Å². The summed E-state index contributed by atoms with van der Waals surface area (Å²) in [7, 11) is -68.7. The van der Waals surface area contributed by atoms with Crippen LogP contribution in [0.2, 0.25) is 0 Å². The van der Waals surface area contributed by atoms with Crippen LogP contribution < -0.4 is 68.5 Å². The van der Waals surface area contributed by atoms with Crippen molar-refractivity contribution in [3.05, 3.63) is 0 Å². The number of hydrogen-bond acceptors (Lipinski definition) is 52. The summed E-state index contributed by atoms with van der Waals surface area (Å²) in [4.78, 5) is 194. The zero-order valence-electron chi connectivity index (χ0n) is 60.7. The lowest BCUT2D eigenvalue weighted by atomic mass is 10.2. The fourth-order valence-corrected chi connectivity index (χ4v) is 13.8. The highest BCUT2D eigenvalue weighted by Crippen LogP contribution is 2.47. The largest absolute Gasteiger partial charge is 0.756 e. The second-order valence-electron chi connectivity index (χ2n) is 20.3. The van der Waals surface area contributed by atoms with E-state index in [-0.39, 0.29) is 26.4 Å². The van der Waals surface area contributed by atoms with Gasteiger partial charge in [0.25, 0.3) is 110 Å². The SMILES string of the molecule is CCOP(=O)([O-])OCC(CF)COP(=O)([O-])O.CCOP(=O)([O-])OCC(CF)COP(=O)([O-])O.CCOP(=O)([O-])OCC(CF)COP(=O)([O-])O.CCOP(=O)([O-])OCC(CF)COP(=O)([O-])O.O=P([O-])(O)OCC(CF)COP(=O)([O-])OCCOP(=O)([O-])OCCOP(=O)([O-])OCCOP(=O)([O-])OCCOP(=O)([O-])OCC(CO)CF. The highest BCUT2D eigenvalue weighted by Gasteiger charge is 2.25. The average molecular weight is 2020 g/mol. The highest BCUT2D eigenvalue weighted by molar-refractivity contribution is 7.48. The first-order valence-electron chi connectivity index (χ1n) is 31.0. The summed E-state index contributed by atoms with van der Waals surface area (Å²) in [5.41, 5.74) is 0. The van der Waals surface area contributed by atoms with Crippen LogP contribution in [0.1, 0.15) is 27.7 Å². The quantitative estimate of drug-likeness (QED) is 0.0190. The Morgan fingerprint density at radius 2 is 0.316 bits per heavy atom. The van der Waals surface area contributed by atoms with Crippen molar-refractivity contribution in [2.75, 3.05) is 199 Å². The van der Waals surface area contributed by atoms with E-state index in [1.54, 1.807) is 0 Å². The number of aliphatic hydroxyl groups is 1. The minimum absolute atomic E-state index is 0.135. The second kappa shape index (κ2) is 64.8. The molecule has 0 spiro atoms. The van der Waals surface area contributed by atoms with Gasteiger partial charge in [-0.15, -0.1) is 0 Å². The molecule has 117 heavy (non-hydrogen) atoms. The minimum atomic E-state index is -5.21. The molecule has 0 bridgehead atoms. The summed E-state index contributed by atoms with van der Waals surface area (Å²) >= 11 is 0. The van der Waals surface area contributed by atoms with E-state index in [9.17, 15) is 159 Å². The molecule has 0 saturated carbocycles. The molecule has 77 heteroatoms. The van der Waals surface area contributed by atoms with Gasteiger partial charge in [0, 0.05) is 35.5 Å². The fourth-order valence-electron chi connectivity index (χ4n) is 5.17. The van der Waals surface area contributed by atoms with Gasteiger partial charge in [-0.05, 0) is 27.7 Å². The number of alkyl halides is 6. The highest BCUT2D eigenvalue weighted by atomic mass is 31.2. The summed E-state index contributed by atoms with van der Waals surface area (Å²) in [6.07, 6.45) is 0. The van der Waals surface area contributed by atoms with Crippen LogP contribution in [-0.2, 0) is 168 Å². The number of rotatable bonds is 68. The first-order chi connectivity index (χ1) is 53.3. The zero-order valence-corrected chi connectivity index (χ0v) is 73.2. The van der Waals surface area contributed by atoms with Gasteiger partial charge in [0.1, 0.15) is 0 Å². The molecule has 0 aliphatic heterocycles. The van der Waals surface area contributed by atoms with E-state index in [0.29, 0.717) is 0 Å². The Morgan fingerprint density at radius 1 is 0.205 bits per heavy atom. The molecular weight excluding hydrogens is 1940 g/mol. The Morgan fingerprint density at radius 3 is 0.427 bits per heavy atom. The van der Waals surface area contributed by atoms with E-state index >= 15 is 0 Å². The molecule has 6 N–H and O–H groups in total. The van der Waals surface area contributed by atoms with Crippen LogP contribution in [0.15, 0.2) is 0 Å². The van der Waals surface area contributed by atoms with Crippen molar-refractivity contribution >= 4 is 110 Å². The number of phosphoric acid groups is 14. The van der Waals surface area contributed by atoms with Gasteiger partial charge in [-0.3, -0.25) is 90.3 Å². The Balaban J connectivity index is -0.000000502. The molecule has 0 saturated heterocycles. The van der Waals surface area contributed by atoms with E-state index in [0.717, 1.165) is 0 Å². The normalized spacial score (nSPS) is 20.7. The van der Waals surface area contributed by atoms with E-state index in [2.05, 4.69) is 104 Å². The molecule has 57 nitrogen and oxygen atoms in total. The monoisotopic (exact) mass is 2020 g/mol. The maximum absolute atomic E-state index is 12.8. The topological polar surface area (TPSA) is 895 Å². The summed E-state index contributed by atoms with van der Waals surface area (Å²) in [6, 6.07) is 0. The van der Waals surface area contributed by atoms with E-state index in [4.69, 9.17) is 29.6 Å². The van der Waals surface area contributed by atoms with Gasteiger partial charge in [-0.2, -0.15) is 0 Å². The van der Waals surface area contributed by atoms with Gasteiger partial charge in [0.2, 0.25) is 0 Å². The van der Waals surface area contributed by atoms with Gasteiger partial charge < -0.3 is 202 Å². The van der Waals surface area contributed by atoms with Gasteiger partial charge in [0.15, 0.2) is 0 Å². The molecule has 0 aliphatic rings. The van der Waals surface area contributed by atoms with Crippen molar-refractivity contribution < 1.29 is 292 Å². The molecule has 0 aliphatic carbocycles. The Bertz CT molecular complexity index is 3090. The predicted octanol–water partition coefficient (Wildman–Crippen LogP) is -4.58. The van der Waals surface area contributed by atoms with Gasteiger partial charge >= 0.3 is 0 Å². The Labute approximate surface area is 661 Å². The predicted molar refractivity (Wildman–Crippen MR) is 341 cm³/mol. The number of halogens is 6. The number of phosphoric ester groups is 14. The lowest BCUT2D eigenvalue weighted by molar-refractivity contribution is -0.238. The summed E-state index contributed by atoms with van der Waals surface area (Å²) in [6.45, 7) is -18.1. The van der Waals surface area contributed by atoms with Crippen LogP contribution in [0.25, 0.3) is 0 Å². The first-order valence-corrected chi connectivity index (χ1v) is 51.7. The lowest BCUT2D eigenvalue weighted by Gasteiger charge is -2.27. The second-order valence-corrected chi connectivity index (χ2v) is 38.9. The van der Waals surface area contributed by atoms with Crippen molar-refractivity contribution in [3.63, 3.8) is 0 Å². The molecule has 0 aromatic heterocycles. The molecule has 0 aromatic carbocycles. The molecule has 0 heterocycles. The maximum Gasteiger partial charge on any atom is 0.268 e. The van der Waals surface area contributed by atoms with Crippen molar-refractivity contribution in [3.8, 4) is 0 Å². The summed E-state index contributed by atoms with van der Waals surface area (Å²) < 4.78 is 324. The van der Waals surface area contributed by atoms with Gasteiger partial charge in [-0.1, -0.05) is 0 Å². The standard InChI is InChI=1S/C16H38F2O25P6.4C6H15FO8P2/c17-9-15(11-19)12-42-48(29,30)39-7-5-37-46(25,26)35-3-1-33-45(23,24)34-2-4-36-47(27,28)38-6-8-40-49(31,32)43-14-16(10-18)13-41-44(20,21)22;4*1-2-13-17(11,12)15-5-6(3-7)4-14-16(8,9)10/h15-16,19H,1-14H2,(H,23,24)(H,25,26)(H,27,28)(H,29,30)(H,31,32)(H2,20,21,22);4*6H,2-5H2,1H3,(H,11,12)(H2,8,9,10)/p-14. The number of hydrogen-bond donors (Lipinski definition) is 6. The van der Waals surface area contributed by atoms with Crippen molar-refractivity contribution in [2.24, 2.45) is 35.5 Å². The lowest BCUT2D eigenvalue weighted by Crippen LogP contribution is -2.21. The number of aliphatic hydroxyl groups excluding tert-OH is 1. The van der Waals surface area contributed by atoms with Crippen molar-refractivity contribution in [2.45, 2.75) is 27.7 Å². The van der Waals surface area contributed by atoms with E-state index in [1.807, 2.05) is 0 Å². The fraction of sp³-hybridized carbons (Fsp3) is 1.00. The minimum Gasteiger partial charge on any atom is -0.756 e. The maximum atomic E-state index is 12.8. The molecule has 0 aromatic rings. The van der Waals surface area contributed by atoms with Crippen LogP contribution in [0.3, 0.4) is 0 Å². The van der Waals surface area contributed by atoms with Gasteiger partial charge in [0.05, 0.1) is 199 Å². The molecule has 20 atom stereocenters. The molecule has 0 radical (unpaired) electrons. The first kappa shape index (κ1) is 127. The molecule has 20 unspecified atom stereocenters. The zero-order chi connectivity index (χ0) is 91.9. The van der Waals surface area contributed by atoms with Gasteiger partial charge in [-0.25, -0.2) is 0 Å². The van der Waals surface area contributed by atoms with Crippen LogP contribution in [0.4, 0.5) is 26.3 Å². The van der Waals surface area contributed by atoms with E-state index in [1.165, 1.54) is 27.7 Å². The van der Waals surface area contributed by atoms with Crippen molar-refractivity contribution in [1.29, 1.82) is 0 Å². The van der Waals surface area contributed by atoms with Crippen LogP contribution >= 0.6 is 110 Å². The summed E-state index contributed by atoms with van der Waals surface area (Å²) in [5.74, 6) is -7.17. The average Bonchev–Trinajstić information content (AvgIpc) is 0.982. The smallest absolute Gasteiger partial charge is 0.268 e. The third kappa shape index (κ3) is 87.6. The summed E-state index contributed by atoms with van der Waals surface area (Å²) in [5, 5.41) is 8.76. The molecular formula is C40H84F6O57P14-14. The molecule has 0 amide bonds. The van der Waals surface area contributed by atoms with Crippen molar-refractivity contribution in [1.82, 2.24) is 0 Å². The third-order valence-electron chi connectivity index (χ3n) is 10.2. The molecule has 712 valence electrons. The van der Waals surface area contributed by atoms with Crippen LogP contribution in [0.5, 0.6) is 0 Å². The molecule has 0 fully saturated rings. The van der Waals surface area contributed by atoms with E-state index < -0.39 is 317 Å². The Hall–Kier alpha value is 1.08. The third-order valence-corrected chi connectivity index (χ3v) is 21.7. The molecule has 0 rings (SSSR count).